The van der Waals surface area contributed by atoms with Crippen molar-refractivity contribution in [3.63, 3.8) is 0 Å². The maximum Gasteiger partial charge on any atom is 0.321 e. The molecule has 0 bridgehead atoms. The molecule has 0 aliphatic carbocycles. The molecule has 0 atom stereocenters. The van der Waals surface area contributed by atoms with Crippen molar-refractivity contribution in [2.45, 2.75) is 20.3 Å². The smallest absolute Gasteiger partial charge is 0.321 e. The van der Waals surface area contributed by atoms with E-state index >= 15 is 0 Å². The minimum atomic E-state index is -0.0920. The van der Waals surface area contributed by atoms with Crippen molar-refractivity contribution in [3.05, 3.63) is 24.3 Å². The zero-order valence-corrected chi connectivity index (χ0v) is 11.3. The van der Waals surface area contributed by atoms with E-state index in [1.807, 2.05) is 38.1 Å². The van der Waals surface area contributed by atoms with Gasteiger partial charge >= 0.3 is 6.03 Å². The number of amides is 3. The molecular formula is C14H19N3O2. The summed E-state index contributed by atoms with van der Waals surface area (Å²) < 4.78 is 0. The Bertz CT molecular complexity index is 485. The first-order chi connectivity index (χ1) is 9.06. The Morgan fingerprint density at radius 2 is 2.26 bits per heavy atom. The fraction of sp³-hybridized carbons (Fsp3) is 0.429. The Morgan fingerprint density at radius 1 is 1.47 bits per heavy atom. The first-order valence-corrected chi connectivity index (χ1v) is 6.51. The van der Waals surface area contributed by atoms with Gasteiger partial charge in [0.2, 0.25) is 5.91 Å². The molecule has 0 saturated carbocycles. The molecule has 2 N–H and O–H groups in total. The molecule has 0 radical (unpaired) electrons. The number of anilines is 2. The molecule has 1 saturated heterocycles. The standard InChI is InChI=1S/C14H19N3O2/c1-10(2)8-13(18)16-11-4-3-5-12(9-11)17-7-6-15-14(17)19/h3-5,9-10H,6-8H2,1-2H3,(H,15,19)(H,16,18). The lowest BCUT2D eigenvalue weighted by molar-refractivity contribution is -0.116. The van der Waals surface area contributed by atoms with Crippen molar-refractivity contribution < 1.29 is 9.59 Å². The molecule has 1 heterocycles. The molecule has 1 aliphatic heterocycles. The maximum atomic E-state index is 11.7. The highest BCUT2D eigenvalue weighted by Crippen LogP contribution is 2.21. The molecule has 0 aromatic heterocycles. The minimum absolute atomic E-state index is 0.00183. The normalized spacial score (nSPS) is 14.7. The number of hydrogen-bond donors (Lipinski definition) is 2. The van der Waals surface area contributed by atoms with E-state index in [-0.39, 0.29) is 11.9 Å². The monoisotopic (exact) mass is 261 g/mol. The number of carbonyl (C=O) groups is 2. The highest BCUT2D eigenvalue weighted by molar-refractivity contribution is 5.96. The number of urea groups is 1. The first kappa shape index (κ1) is 13.4. The van der Waals surface area contributed by atoms with Crippen LogP contribution >= 0.6 is 0 Å². The van der Waals surface area contributed by atoms with Crippen molar-refractivity contribution >= 4 is 23.3 Å². The average Bonchev–Trinajstić information content (AvgIpc) is 2.74. The molecule has 0 spiro atoms. The minimum Gasteiger partial charge on any atom is -0.336 e. The van der Waals surface area contributed by atoms with Crippen LogP contribution in [-0.4, -0.2) is 25.0 Å². The van der Waals surface area contributed by atoms with Gasteiger partial charge in [0.25, 0.3) is 0 Å². The Labute approximate surface area is 113 Å². The number of rotatable bonds is 4. The lowest BCUT2D eigenvalue weighted by atomic mass is 10.1. The van der Waals surface area contributed by atoms with Gasteiger partial charge in [-0.05, 0) is 24.1 Å². The molecule has 3 amide bonds. The van der Waals surface area contributed by atoms with Gasteiger partial charge in [0.1, 0.15) is 0 Å². The van der Waals surface area contributed by atoms with E-state index in [1.165, 1.54) is 0 Å². The second kappa shape index (κ2) is 5.73. The second-order valence-electron chi connectivity index (χ2n) is 5.08. The summed E-state index contributed by atoms with van der Waals surface area (Å²) in [5, 5.41) is 5.61. The molecule has 1 fully saturated rings. The number of benzene rings is 1. The molecule has 102 valence electrons. The molecule has 19 heavy (non-hydrogen) atoms. The summed E-state index contributed by atoms with van der Waals surface area (Å²) in [5.74, 6) is 0.325. The summed E-state index contributed by atoms with van der Waals surface area (Å²) in [6.45, 7) is 5.32. The average molecular weight is 261 g/mol. The van der Waals surface area contributed by atoms with Gasteiger partial charge < -0.3 is 10.6 Å². The summed E-state index contributed by atoms with van der Waals surface area (Å²) in [6, 6.07) is 7.26. The number of nitrogens with one attached hydrogen (secondary N) is 2. The van der Waals surface area contributed by atoms with Crippen molar-refractivity contribution in [2.24, 2.45) is 5.92 Å². The van der Waals surface area contributed by atoms with E-state index in [1.54, 1.807) is 4.90 Å². The lowest BCUT2D eigenvalue weighted by Gasteiger charge is -2.15. The molecule has 1 aromatic carbocycles. The van der Waals surface area contributed by atoms with Crippen molar-refractivity contribution in [1.82, 2.24) is 5.32 Å². The highest BCUT2D eigenvalue weighted by atomic mass is 16.2. The summed E-state index contributed by atoms with van der Waals surface area (Å²) in [7, 11) is 0. The summed E-state index contributed by atoms with van der Waals surface area (Å²) in [4.78, 5) is 25.0. The van der Waals surface area contributed by atoms with Gasteiger partial charge in [-0.2, -0.15) is 0 Å². The molecule has 5 nitrogen and oxygen atoms in total. The van der Waals surface area contributed by atoms with E-state index < -0.39 is 0 Å². The second-order valence-corrected chi connectivity index (χ2v) is 5.08. The van der Waals surface area contributed by atoms with Gasteiger partial charge in [-0.3, -0.25) is 9.69 Å². The van der Waals surface area contributed by atoms with Gasteiger partial charge in [0.15, 0.2) is 0 Å². The summed E-state index contributed by atoms with van der Waals surface area (Å²) in [5.41, 5.74) is 1.53. The van der Waals surface area contributed by atoms with Gasteiger partial charge in [0, 0.05) is 30.9 Å². The molecule has 2 rings (SSSR count). The van der Waals surface area contributed by atoms with Crippen LogP contribution in [0.4, 0.5) is 16.2 Å². The number of nitrogens with zero attached hydrogens (tertiary/aromatic N) is 1. The SMILES string of the molecule is CC(C)CC(=O)Nc1cccc(N2CCNC2=O)c1. The fourth-order valence-corrected chi connectivity index (χ4v) is 2.05. The highest BCUT2D eigenvalue weighted by Gasteiger charge is 2.21. The lowest BCUT2D eigenvalue weighted by Crippen LogP contribution is -2.27. The van der Waals surface area contributed by atoms with Crippen LogP contribution < -0.4 is 15.5 Å². The van der Waals surface area contributed by atoms with E-state index in [0.29, 0.717) is 25.4 Å². The first-order valence-electron chi connectivity index (χ1n) is 6.51. The largest absolute Gasteiger partial charge is 0.336 e. The van der Waals surface area contributed by atoms with Crippen LogP contribution in [0.2, 0.25) is 0 Å². The topological polar surface area (TPSA) is 61.4 Å². The zero-order chi connectivity index (χ0) is 13.8. The van der Waals surface area contributed by atoms with E-state index in [0.717, 1.165) is 11.4 Å². The Balaban J connectivity index is 2.07. The number of carbonyl (C=O) groups excluding carboxylic acids is 2. The third kappa shape index (κ3) is 3.47. The van der Waals surface area contributed by atoms with Crippen LogP contribution in [0.25, 0.3) is 0 Å². The van der Waals surface area contributed by atoms with E-state index in [2.05, 4.69) is 10.6 Å². The molecule has 1 aromatic rings. The molecule has 1 aliphatic rings. The third-order valence-electron chi connectivity index (χ3n) is 2.89. The van der Waals surface area contributed by atoms with Crippen LogP contribution in [0, 0.1) is 5.92 Å². The molecular weight excluding hydrogens is 242 g/mol. The van der Waals surface area contributed by atoms with Crippen LogP contribution in [0.15, 0.2) is 24.3 Å². The van der Waals surface area contributed by atoms with Crippen LogP contribution in [0.1, 0.15) is 20.3 Å². The van der Waals surface area contributed by atoms with Crippen LogP contribution in [0.3, 0.4) is 0 Å². The van der Waals surface area contributed by atoms with Gasteiger partial charge in [-0.25, -0.2) is 4.79 Å². The third-order valence-corrected chi connectivity index (χ3v) is 2.89. The van der Waals surface area contributed by atoms with E-state index in [9.17, 15) is 9.59 Å². The summed E-state index contributed by atoms with van der Waals surface area (Å²) in [6.07, 6.45) is 0.494. The predicted octanol–water partition coefficient (Wildman–Crippen LogP) is 2.20. The maximum absolute atomic E-state index is 11.7. The summed E-state index contributed by atoms with van der Waals surface area (Å²) >= 11 is 0. The van der Waals surface area contributed by atoms with Gasteiger partial charge in [0.05, 0.1) is 0 Å². The Hall–Kier alpha value is -2.04. The fourth-order valence-electron chi connectivity index (χ4n) is 2.05. The van der Waals surface area contributed by atoms with Gasteiger partial charge in [-0.1, -0.05) is 19.9 Å². The molecule has 0 unspecified atom stereocenters. The predicted molar refractivity (Wildman–Crippen MR) is 75.3 cm³/mol. The van der Waals surface area contributed by atoms with Crippen LogP contribution in [0.5, 0.6) is 0 Å². The quantitative estimate of drug-likeness (QED) is 0.872. The molecule has 5 heteroatoms. The van der Waals surface area contributed by atoms with Gasteiger partial charge in [-0.15, -0.1) is 0 Å². The van der Waals surface area contributed by atoms with Crippen LogP contribution in [-0.2, 0) is 4.79 Å². The Kier molecular flexibility index (Phi) is 4.04. The van der Waals surface area contributed by atoms with Crippen molar-refractivity contribution in [3.8, 4) is 0 Å². The van der Waals surface area contributed by atoms with E-state index in [4.69, 9.17) is 0 Å². The number of hydrogen-bond acceptors (Lipinski definition) is 2. The Morgan fingerprint density at radius 3 is 2.89 bits per heavy atom. The van der Waals surface area contributed by atoms with Crippen molar-refractivity contribution in [1.29, 1.82) is 0 Å². The van der Waals surface area contributed by atoms with Crippen molar-refractivity contribution in [2.75, 3.05) is 23.3 Å². The zero-order valence-electron chi connectivity index (χ0n) is 11.3.